The van der Waals surface area contributed by atoms with Gasteiger partial charge in [-0.15, -0.1) is 11.3 Å². The Morgan fingerprint density at radius 1 is 1.26 bits per heavy atom. The van der Waals surface area contributed by atoms with Gasteiger partial charge in [0.15, 0.2) is 0 Å². The van der Waals surface area contributed by atoms with Gasteiger partial charge < -0.3 is 14.4 Å². The zero-order valence-electron chi connectivity index (χ0n) is 18.3. The maximum Gasteiger partial charge on any atom is 0.410 e. The average Bonchev–Trinajstić information content (AvgIpc) is 3.10. The first kappa shape index (κ1) is 21.4. The molecule has 0 spiro atoms. The van der Waals surface area contributed by atoms with Gasteiger partial charge in [-0.2, -0.15) is 0 Å². The molecule has 4 rings (SSSR count). The zero-order valence-corrected chi connectivity index (χ0v) is 19.1. The summed E-state index contributed by atoms with van der Waals surface area (Å²) in [4.78, 5) is 33.7. The van der Waals surface area contributed by atoms with Crippen molar-refractivity contribution >= 4 is 27.6 Å². The molecule has 1 aliphatic rings. The lowest BCUT2D eigenvalue weighted by Crippen LogP contribution is -2.39. The van der Waals surface area contributed by atoms with Gasteiger partial charge in [-0.25, -0.2) is 9.78 Å². The maximum atomic E-state index is 13.2. The molecule has 7 nitrogen and oxygen atoms in total. The number of hydrogen-bond donors (Lipinski definition) is 0. The molecule has 0 bridgehead atoms. The molecule has 164 valence electrons. The van der Waals surface area contributed by atoms with E-state index in [1.54, 1.807) is 22.9 Å². The third kappa shape index (κ3) is 4.44. The van der Waals surface area contributed by atoms with Gasteiger partial charge in [-0.1, -0.05) is 18.2 Å². The number of aryl methyl sites for hydroxylation is 2. The summed E-state index contributed by atoms with van der Waals surface area (Å²) in [5, 5.41) is 0.686. The van der Waals surface area contributed by atoms with Crippen molar-refractivity contribution in [1.82, 2.24) is 14.5 Å². The van der Waals surface area contributed by atoms with Gasteiger partial charge >= 0.3 is 6.09 Å². The number of benzene rings is 1. The largest absolute Gasteiger partial charge is 0.496 e. The van der Waals surface area contributed by atoms with Crippen LogP contribution in [0.4, 0.5) is 4.79 Å². The molecule has 31 heavy (non-hydrogen) atoms. The van der Waals surface area contributed by atoms with E-state index >= 15 is 0 Å². The van der Waals surface area contributed by atoms with Crippen molar-refractivity contribution in [1.29, 1.82) is 0 Å². The van der Waals surface area contributed by atoms with Crippen LogP contribution in [0.2, 0.25) is 0 Å². The molecule has 0 radical (unpaired) electrons. The van der Waals surface area contributed by atoms with Gasteiger partial charge in [-0.3, -0.25) is 9.36 Å². The number of methoxy groups -OCH3 is 1. The number of para-hydroxylation sites is 1. The van der Waals surface area contributed by atoms with E-state index in [1.807, 2.05) is 45.0 Å². The SMILES string of the molecule is COc1ccccc1CCn1cnc2sc3c(c2c1=O)CCN(C(=O)OC(C)(C)C)C3. The Balaban J connectivity index is 1.57. The van der Waals surface area contributed by atoms with Crippen LogP contribution in [0.15, 0.2) is 35.4 Å². The monoisotopic (exact) mass is 441 g/mol. The van der Waals surface area contributed by atoms with Crippen LogP contribution in [0, 0.1) is 0 Å². The molecule has 8 heteroatoms. The summed E-state index contributed by atoms with van der Waals surface area (Å²) in [6.45, 7) is 7.08. The van der Waals surface area contributed by atoms with E-state index < -0.39 is 5.60 Å². The number of aromatic nitrogens is 2. The van der Waals surface area contributed by atoms with Crippen molar-refractivity contribution in [3.63, 3.8) is 0 Å². The van der Waals surface area contributed by atoms with E-state index in [0.717, 1.165) is 26.6 Å². The molecule has 0 saturated carbocycles. The quantitative estimate of drug-likeness (QED) is 0.612. The predicted octanol–water partition coefficient (Wildman–Crippen LogP) is 4.00. The number of hydrogen-bond acceptors (Lipinski definition) is 6. The van der Waals surface area contributed by atoms with E-state index in [4.69, 9.17) is 9.47 Å². The molecular formula is C23H27N3O4S. The highest BCUT2D eigenvalue weighted by atomic mass is 32.1. The summed E-state index contributed by atoms with van der Waals surface area (Å²) < 4.78 is 12.6. The Labute approximate surface area is 185 Å². The summed E-state index contributed by atoms with van der Waals surface area (Å²) in [6, 6.07) is 7.83. The fraction of sp³-hybridized carbons (Fsp3) is 0.435. The van der Waals surface area contributed by atoms with Crippen LogP contribution in [-0.4, -0.2) is 39.8 Å². The van der Waals surface area contributed by atoms with E-state index in [0.29, 0.717) is 37.9 Å². The summed E-state index contributed by atoms with van der Waals surface area (Å²) in [5.41, 5.74) is 1.51. The fourth-order valence-electron chi connectivity index (χ4n) is 3.81. The van der Waals surface area contributed by atoms with Gasteiger partial charge in [0.25, 0.3) is 5.56 Å². The average molecular weight is 442 g/mol. The summed E-state index contributed by atoms with van der Waals surface area (Å²) in [6.07, 6.45) is 2.60. The molecule has 0 N–H and O–H groups in total. The van der Waals surface area contributed by atoms with E-state index in [1.165, 1.54) is 11.3 Å². The Morgan fingerprint density at radius 2 is 2.03 bits per heavy atom. The molecule has 3 aromatic rings. The van der Waals surface area contributed by atoms with Crippen molar-refractivity contribution in [3.05, 3.63) is 57.0 Å². The first-order valence-corrected chi connectivity index (χ1v) is 11.2. The topological polar surface area (TPSA) is 73.7 Å². The molecule has 0 unspecified atom stereocenters. The number of fused-ring (bicyclic) bond motifs is 3. The highest BCUT2D eigenvalue weighted by Gasteiger charge is 2.29. The molecule has 0 saturated heterocycles. The molecule has 1 aliphatic heterocycles. The first-order chi connectivity index (χ1) is 14.8. The standard InChI is InChI=1S/C23H27N3O4S/c1-23(2,3)30-22(28)25-12-10-16-18(13-25)31-20-19(16)21(27)26(14-24-20)11-9-15-7-5-6-8-17(15)29-4/h5-8,14H,9-13H2,1-4H3. The van der Waals surface area contributed by atoms with Gasteiger partial charge in [0.2, 0.25) is 0 Å². The number of ether oxygens (including phenoxy) is 2. The lowest BCUT2D eigenvalue weighted by atomic mass is 10.1. The second kappa shape index (κ2) is 8.34. The third-order valence-electron chi connectivity index (χ3n) is 5.29. The second-order valence-electron chi connectivity index (χ2n) is 8.64. The van der Waals surface area contributed by atoms with Crippen LogP contribution in [0.5, 0.6) is 5.75 Å². The van der Waals surface area contributed by atoms with Crippen molar-refractivity contribution in [2.24, 2.45) is 0 Å². The highest BCUT2D eigenvalue weighted by molar-refractivity contribution is 7.18. The van der Waals surface area contributed by atoms with Gasteiger partial charge in [0.1, 0.15) is 16.2 Å². The molecule has 1 amide bonds. The van der Waals surface area contributed by atoms with Gasteiger partial charge in [-0.05, 0) is 50.8 Å². The van der Waals surface area contributed by atoms with Crippen LogP contribution in [0.1, 0.15) is 36.8 Å². The summed E-state index contributed by atoms with van der Waals surface area (Å²) >= 11 is 1.49. The van der Waals surface area contributed by atoms with Crippen molar-refractivity contribution < 1.29 is 14.3 Å². The molecule has 0 fully saturated rings. The minimum atomic E-state index is -0.533. The number of nitrogens with zero attached hydrogens (tertiary/aromatic N) is 3. The van der Waals surface area contributed by atoms with Crippen molar-refractivity contribution in [2.45, 2.75) is 52.3 Å². The van der Waals surface area contributed by atoms with Gasteiger partial charge in [0, 0.05) is 18.0 Å². The number of amides is 1. The molecule has 1 aromatic carbocycles. The normalized spacial score (nSPS) is 13.9. The summed E-state index contributed by atoms with van der Waals surface area (Å²) in [7, 11) is 1.65. The molecule has 0 aliphatic carbocycles. The molecule has 2 aromatic heterocycles. The summed E-state index contributed by atoms with van der Waals surface area (Å²) in [5.74, 6) is 0.819. The Morgan fingerprint density at radius 3 is 2.77 bits per heavy atom. The van der Waals surface area contributed by atoms with E-state index in [9.17, 15) is 9.59 Å². The third-order valence-corrected chi connectivity index (χ3v) is 6.42. The van der Waals surface area contributed by atoms with Crippen molar-refractivity contribution in [3.8, 4) is 5.75 Å². The molecule has 3 heterocycles. The van der Waals surface area contributed by atoms with Crippen LogP contribution in [0.3, 0.4) is 0 Å². The van der Waals surface area contributed by atoms with Crippen LogP contribution >= 0.6 is 11.3 Å². The Kier molecular flexibility index (Phi) is 5.75. The van der Waals surface area contributed by atoms with Crippen LogP contribution in [-0.2, 0) is 30.7 Å². The van der Waals surface area contributed by atoms with Crippen LogP contribution < -0.4 is 10.3 Å². The number of carbonyl (C=O) groups excluding carboxylic acids is 1. The maximum absolute atomic E-state index is 13.2. The van der Waals surface area contributed by atoms with E-state index in [2.05, 4.69) is 4.98 Å². The first-order valence-electron chi connectivity index (χ1n) is 10.4. The lowest BCUT2D eigenvalue weighted by molar-refractivity contribution is 0.0227. The lowest BCUT2D eigenvalue weighted by Gasteiger charge is -2.29. The minimum Gasteiger partial charge on any atom is -0.496 e. The number of rotatable bonds is 4. The minimum absolute atomic E-state index is 0.0249. The smallest absolute Gasteiger partial charge is 0.410 e. The van der Waals surface area contributed by atoms with Gasteiger partial charge in [0.05, 0.1) is 25.4 Å². The Hall–Kier alpha value is -2.87. The van der Waals surface area contributed by atoms with E-state index in [-0.39, 0.29) is 11.7 Å². The molecule has 0 atom stereocenters. The number of thiophene rings is 1. The second-order valence-corrected chi connectivity index (χ2v) is 9.72. The molecular weight excluding hydrogens is 414 g/mol. The number of carbonyl (C=O) groups is 1. The van der Waals surface area contributed by atoms with Crippen LogP contribution in [0.25, 0.3) is 10.2 Å². The highest BCUT2D eigenvalue weighted by Crippen LogP contribution is 2.32. The fourth-order valence-corrected chi connectivity index (χ4v) is 5.00. The Bertz CT molecular complexity index is 1180. The zero-order chi connectivity index (χ0) is 22.2. The predicted molar refractivity (Wildman–Crippen MR) is 121 cm³/mol. The van der Waals surface area contributed by atoms with Crippen molar-refractivity contribution in [2.75, 3.05) is 13.7 Å².